The maximum Gasteiger partial charge on any atom is 0.251 e. The lowest BCUT2D eigenvalue weighted by Crippen LogP contribution is -2.48. The third kappa shape index (κ3) is 2.81. The van der Waals surface area contributed by atoms with Crippen LogP contribution in [0.2, 0.25) is 0 Å². The number of nitrogens with one attached hydrogen (secondary N) is 2. The number of thioether (sulfide) groups is 1. The molecule has 2 N–H and O–H groups in total. The van der Waals surface area contributed by atoms with Gasteiger partial charge in [-0.15, -0.1) is 11.8 Å². The Bertz CT molecular complexity index is 661. The molecule has 2 aliphatic heterocycles. The summed E-state index contributed by atoms with van der Waals surface area (Å²) < 4.78 is 0. The van der Waals surface area contributed by atoms with Crippen LogP contribution < -0.4 is 10.6 Å². The van der Waals surface area contributed by atoms with E-state index in [0.717, 1.165) is 6.42 Å². The number of benzene rings is 1. The van der Waals surface area contributed by atoms with Crippen LogP contribution >= 0.6 is 11.8 Å². The summed E-state index contributed by atoms with van der Waals surface area (Å²) in [5, 5.41) is 5.39. The number of rotatable bonds is 3. The maximum absolute atomic E-state index is 12.5. The van der Waals surface area contributed by atoms with Gasteiger partial charge in [-0.05, 0) is 37.6 Å². The van der Waals surface area contributed by atoms with Crippen molar-refractivity contribution in [1.82, 2.24) is 10.2 Å². The Morgan fingerprint density at radius 1 is 1.30 bits per heavy atom. The molecule has 122 valence electrons. The van der Waals surface area contributed by atoms with E-state index in [1.54, 1.807) is 48.0 Å². The van der Waals surface area contributed by atoms with E-state index in [0.29, 0.717) is 23.4 Å². The molecule has 2 heterocycles. The van der Waals surface area contributed by atoms with Gasteiger partial charge in [0.15, 0.2) is 0 Å². The lowest BCUT2D eigenvalue weighted by atomic mass is 10.1. The zero-order valence-electron chi connectivity index (χ0n) is 13.1. The molecule has 0 aromatic heterocycles. The predicted octanol–water partition coefficient (Wildman–Crippen LogP) is 1.44. The zero-order valence-corrected chi connectivity index (χ0v) is 13.9. The molecule has 0 saturated carbocycles. The number of carbonyl (C=O) groups excluding carboxylic acids is 3. The molecule has 0 bridgehead atoms. The molecule has 0 spiro atoms. The molecule has 1 aromatic rings. The van der Waals surface area contributed by atoms with Crippen molar-refractivity contribution in [1.29, 1.82) is 0 Å². The summed E-state index contributed by atoms with van der Waals surface area (Å²) >= 11 is 1.67. The van der Waals surface area contributed by atoms with E-state index in [2.05, 4.69) is 10.6 Å². The molecular weight excluding hydrogens is 314 g/mol. The Kier molecular flexibility index (Phi) is 4.06. The zero-order chi connectivity index (χ0) is 16.6. The molecule has 2 saturated heterocycles. The molecule has 2 aliphatic rings. The van der Waals surface area contributed by atoms with Crippen molar-refractivity contribution in [2.45, 2.75) is 30.7 Å². The van der Waals surface area contributed by atoms with E-state index < -0.39 is 6.04 Å². The van der Waals surface area contributed by atoms with Gasteiger partial charge in [-0.1, -0.05) is 0 Å². The highest BCUT2D eigenvalue weighted by Crippen LogP contribution is 2.47. The van der Waals surface area contributed by atoms with Gasteiger partial charge in [-0.3, -0.25) is 14.4 Å². The Morgan fingerprint density at radius 3 is 2.65 bits per heavy atom. The largest absolute Gasteiger partial charge is 0.355 e. The molecule has 3 rings (SSSR count). The van der Waals surface area contributed by atoms with Gasteiger partial charge >= 0.3 is 0 Å². The first-order valence-electron chi connectivity index (χ1n) is 7.54. The van der Waals surface area contributed by atoms with Crippen LogP contribution in [0.15, 0.2) is 24.3 Å². The standard InChI is InChI=1S/C16H19N3O3S/c1-16-8-7-13(20)19(16)12(9-23-16)15(22)18-11-5-3-10(4-6-11)14(21)17-2/h3-6,12H,7-9H2,1-2H3,(H,17,21)(H,18,22)/t12-,16+/m0/s1. The Morgan fingerprint density at radius 2 is 2.00 bits per heavy atom. The van der Waals surface area contributed by atoms with Crippen molar-refractivity contribution in [3.8, 4) is 0 Å². The molecule has 0 aliphatic carbocycles. The highest BCUT2D eigenvalue weighted by Gasteiger charge is 2.52. The van der Waals surface area contributed by atoms with E-state index >= 15 is 0 Å². The molecule has 6 nitrogen and oxygen atoms in total. The minimum Gasteiger partial charge on any atom is -0.355 e. The fourth-order valence-electron chi connectivity index (χ4n) is 3.09. The van der Waals surface area contributed by atoms with Gasteiger partial charge in [-0.2, -0.15) is 0 Å². The fraction of sp³-hybridized carbons (Fsp3) is 0.438. The van der Waals surface area contributed by atoms with Crippen molar-refractivity contribution in [2.24, 2.45) is 0 Å². The second-order valence-electron chi connectivity index (χ2n) is 5.91. The molecule has 0 radical (unpaired) electrons. The van der Waals surface area contributed by atoms with Crippen LogP contribution in [-0.4, -0.2) is 46.3 Å². The number of fused-ring (bicyclic) bond motifs is 1. The fourth-order valence-corrected chi connectivity index (χ4v) is 4.52. The first-order valence-corrected chi connectivity index (χ1v) is 8.52. The first-order chi connectivity index (χ1) is 10.9. The van der Waals surface area contributed by atoms with E-state index in [4.69, 9.17) is 0 Å². The number of carbonyl (C=O) groups is 3. The van der Waals surface area contributed by atoms with Crippen LogP contribution in [-0.2, 0) is 9.59 Å². The van der Waals surface area contributed by atoms with E-state index in [1.807, 2.05) is 6.92 Å². The Labute approximate surface area is 139 Å². The van der Waals surface area contributed by atoms with Crippen LogP contribution in [0.5, 0.6) is 0 Å². The second kappa shape index (κ2) is 5.88. The van der Waals surface area contributed by atoms with Gasteiger partial charge < -0.3 is 15.5 Å². The van der Waals surface area contributed by atoms with Crippen molar-refractivity contribution in [2.75, 3.05) is 18.1 Å². The highest BCUT2D eigenvalue weighted by atomic mass is 32.2. The monoisotopic (exact) mass is 333 g/mol. The molecule has 7 heteroatoms. The van der Waals surface area contributed by atoms with E-state index in [9.17, 15) is 14.4 Å². The molecule has 1 aromatic carbocycles. The summed E-state index contributed by atoms with van der Waals surface area (Å²) in [4.78, 5) is 37.6. The minimum absolute atomic E-state index is 0.0487. The summed E-state index contributed by atoms with van der Waals surface area (Å²) in [5.74, 6) is 0.315. The van der Waals surface area contributed by atoms with E-state index in [1.165, 1.54) is 0 Å². The summed E-state index contributed by atoms with van der Waals surface area (Å²) in [7, 11) is 1.57. The lowest BCUT2D eigenvalue weighted by Gasteiger charge is -2.29. The van der Waals surface area contributed by atoms with Gasteiger partial charge in [-0.25, -0.2) is 0 Å². The number of amides is 3. The molecule has 2 fully saturated rings. The molecule has 0 unspecified atom stereocenters. The summed E-state index contributed by atoms with van der Waals surface area (Å²) in [6.45, 7) is 2.02. The van der Waals surface area contributed by atoms with Gasteiger partial charge in [0.25, 0.3) is 5.91 Å². The summed E-state index contributed by atoms with van der Waals surface area (Å²) in [6, 6.07) is 6.26. The van der Waals surface area contributed by atoms with Crippen molar-refractivity contribution < 1.29 is 14.4 Å². The van der Waals surface area contributed by atoms with Crippen LogP contribution in [0.4, 0.5) is 5.69 Å². The second-order valence-corrected chi connectivity index (χ2v) is 7.41. The molecular formula is C16H19N3O3S. The predicted molar refractivity (Wildman–Crippen MR) is 89.2 cm³/mol. The Hall–Kier alpha value is -2.02. The van der Waals surface area contributed by atoms with Crippen molar-refractivity contribution in [3.63, 3.8) is 0 Å². The molecule has 2 atom stereocenters. The van der Waals surface area contributed by atoms with Crippen LogP contribution in [0.3, 0.4) is 0 Å². The highest BCUT2D eigenvalue weighted by molar-refractivity contribution is 8.01. The quantitative estimate of drug-likeness (QED) is 0.877. The van der Waals surface area contributed by atoms with Crippen LogP contribution in [0.25, 0.3) is 0 Å². The average molecular weight is 333 g/mol. The summed E-state index contributed by atoms with van der Waals surface area (Å²) in [5.41, 5.74) is 1.15. The average Bonchev–Trinajstić information content (AvgIpc) is 3.04. The maximum atomic E-state index is 12.5. The normalized spacial score (nSPS) is 26.1. The third-order valence-corrected chi connectivity index (χ3v) is 5.89. The van der Waals surface area contributed by atoms with Gasteiger partial charge in [0.2, 0.25) is 11.8 Å². The van der Waals surface area contributed by atoms with Crippen molar-refractivity contribution in [3.05, 3.63) is 29.8 Å². The van der Waals surface area contributed by atoms with Gasteiger partial charge in [0.1, 0.15) is 6.04 Å². The van der Waals surface area contributed by atoms with Gasteiger partial charge in [0.05, 0.1) is 4.87 Å². The van der Waals surface area contributed by atoms with Crippen LogP contribution in [0, 0.1) is 0 Å². The SMILES string of the molecule is CNC(=O)c1ccc(NC(=O)[C@@H]2CS[C@]3(C)CCC(=O)N23)cc1. The molecule has 3 amide bonds. The topological polar surface area (TPSA) is 78.5 Å². The van der Waals surface area contributed by atoms with Gasteiger partial charge in [0, 0.05) is 30.5 Å². The third-order valence-electron chi connectivity index (χ3n) is 4.39. The Balaban J connectivity index is 1.70. The molecule has 23 heavy (non-hydrogen) atoms. The lowest BCUT2D eigenvalue weighted by molar-refractivity contribution is -0.135. The number of hydrogen-bond acceptors (Lipinski definition) is 4. The van der Waals surface area contributed by atoms with Crippen LogP contribution in [0.1, 0.15) is 30.1 Å². The van der Waals surface area contributed by atoms with Crippen molar-refractivity contribution >= 4 is 35.2 Å². The summed E-state index contributed by atoms with van der Waals surface area (Å²) in [6.07, 6.45) is 1.30. The van der Waals surface area contributed by atoms with E-state index in [-0.39, 0.29) is 22.6 Å². The first kappa shape index (κ1) is 15.9. The number of hydrogen-bond donors (Lipinski definition) is 2. The minimum atomic E-state index is -0.432. The number of nitrogens with zero attached hydrogens (tertiary/aromatic N) is 1. The smallest absolute Gasteiger partial charge is 0.251 e. The number of anilines is 1.